The van der Waals surface area contributed by atoms with E-state index < -0.39 is 0 Å². The molecule has 0 aromatic heterocycles. The smallest absolute Gasteiger partial charge is 0.00256 e. The summed E-state index contributed by atoms with van der Waals surface area (Å²) in [5, 5.41) is 0. The molecular weight excluding hydrogens is 268 g/mol. The van der Waals surface area contributed by atoms with Gasteiger partial charge in [-0.05, 0) is 49.8 Å². The zero-order valence-electron chi connectivity index (χ0n) is 14.2. The van der Waals surface area contributed by atoms with E-state index >= 15 is 0 Å². The predicted molar refractivity (Wildman–Crippen MR) is 94.1 cm³/mol. The first kappa shape index (κ1) is 16.0. The molecule has 0 spiro atoms. The van der Waals surface area contributed by atoms with E-state index in [1.165, 1.54) is 76.9 Å². The Bertz CT molecular complexity index is 417. The molecular formula is C20H32N2. The van der Waals surface area contributed by atoms with Crippen LogP contribution in [-0.2, 0) is 6.42 Å². The number of hydrogen-bond donors (Lipinski definition) is 0. The first-order chi connectivity index (χ1) is 10.8. The van der Waals surface area contributed by atoms with Crippen LogP contribution in [0.4, 0.5) is 0 Å². The van der Waals surface area contributed by atoms with E-state index in [2.05, 4.69) is 47.1 Å². The van der Waals surface area contributed by atoms with Crippen LogP contribution in [0.2, 0.25) is 0 Å². The maximum atomic E-state index is 2.74. The van der Waals surface area contributed by atoms with Crippen molar-refractivity contribution < 1.29 is 0 Å². The molecule has 0 N–H and O–H groups in total. The molecule has 22 heavy (non-hydrogen) atoms. The minimum absolute atomic E-state index is 0.970. The molecule has 0 amide bonds. The SMILES string of the molecule is CCN1CC2CN(CCCCCCc3ccccc3)CC2C1. The maximum Gasteiger partial charge on any atom is 0.00256 e. The van der Waals surface area contributed by atoms with Gasteiger partial charge in [0, 0.05) is 26.2 Å². The molecule has 2 heteroatoms. The lowest BCUT2D eigenvalue weighted by molar-refractivity contribution is 0.258. The van der Waals surface area contributed by atoms with Crippen molar-refractivity contribution in [3.63, 3.8) is 0 Å². The summed E-state index contributed by atoms with van der Waals surface area (Å²) >= 11 is 0. The predicted octanol–water partition coefficient (Wildman–Crippen LogP) is 3.67. The molecule has 3 rings (SSSR count). The van der Waals surface area contributed by atoms with Gasteiger partial charge < -0.3 is 9.80 Å². The number of rotatable bonds is 8. The summed E-state index contributed by atoms with van der Waals surface area (Å²) in [7, 11) is 0. The summed E-state index contributed by atoms with van der Waals surface area (Å²) in [5.41, 5.74) is 1.50. The van der Waals surface area contributed by atoms with Crippen LogP contribution in [0.1, 0.15) is 38.2 Å². The van der Waals surface area contributed by atoms with E-state index in [1.54, 1.807) is 0 Å². The molecule has 0 saturated carbocycles. The summed E-state index contributed by atoms with van der Waals surface area (Å²) in [5.74, 6) is 1.94. The molecule has 1 aromatic carbocycles. The molecule has 0 radical (unpaired) electrons. The Labute approximate surface area is 136 Å². The highest BCUT2D eigenvalue weighted by molar-refractivity contribution is 5.14. The van der Waals surface area contributed by atoms with Gasteiger partial charge in [-0.15, -0.1) is 0 Å². The van der Waals surface area contributed by atoms with Gasteiger partial charge in [0.2, 0.25) is 0 Å². The van der Waals surface area contributed by atoms with Gasteiger partial charge in [0.15, 0.2) is 0 Å². The van der Waals surface area contributed by atoms with E-state index in [1.807, 2.05) is 0 Å². The average Bonchev–Trinajstić information content (AvgIpc) is 3.09. The maximum absolute atomic E-state index is 2.74. The van der Waals surface area contributed by atoms with Gasteiger partial charge in [-0.25, -0.2) is 0 Å². The fourth-order valence-electron chi connectivity index (χ4n) is 4.29. The van der Waals surface area contributed by atoms with Crippen LogP contribution >= 0.6 is 0 Å². The third kappa shape index (κ3) is 4.33. The Morgan fingerprint density at radius 3 is 2.14 bits per heavy atom. The van der Waals surface area contributed by atoms with Crippen LogP contribution in [0, 0.1) is 11.8 Å². The molecule has 2 aliphatic heterocycles. The number of hydrogen-bond acceptors (Lipinski definition) is 2. The van der Waals surface area contributed by atoms with Crippen LogP contribution in [0.5, 0.6) is 0 Å². The molecule has 2 fully saturated rings. The molecule has 2 heterocycles. The molecule has 0 bridgehead atoms. The number of aryl methyl sites for hydroxylation is 1. The quantitative estimate of drug-likeness (QED) is 0.676. The lowest BCUT2D eigenvalue weighted by Crippen LogP contribution is -2.29. The highest BCUT2D eigenvalue weighted by Crippen LogP contribution is 2.30. The fourth-order valence-corrected chi connectivity index (χ4v) is 4.29. The lowest BCUT2D eigenvalue weighted by atomic mass is 10.0. The van der Waals surface area contributed by atoms with Crippen molar-refractivity contribution in [2.24, 2.45) is 11.8 Å². The Balaban J connectivity index is 1.23. The first-order valence-electron chi connectivity index (χ1n) is 9.34. The third-order valence-electron chi connectivity index (χ3n) is 5.62. The highest BCUT2D eigenvalue weighted by Gasteiger charge is 2.38. The topological polar surface area (TPSA) is 6.48 Å². The second-order valence-corrected chi connectivity index (χ2v) is 7.28. The van der Waals surface area contributed by atoms with Crippen LogP contribution < -0.4 is 0 Å². The van der Waals surface area contributed by atoms with Crippen molar-refractivity contribution in [3.8, 4) is 0 Å². The molecule has 2 saturated heterocycles. The van der Waals surface area contributed by atoms with Gasteiger partial charge in [0.1, 0.15) is 0 Å². The van der Waals surface area contributed by atoms with Crippen molar-refractivity contribution in [2.45, 2.75) is 39.0 Å². The van der Waals surface area contributed by atoms with Gasteiger partial charge in [0.25, 0.3) is 0 Å². The number of fused-ring (bicyclic) bond motifs is 1. The normalized spacial score (nSPS) is 25.7. The Morgan fingerprint density at radius 2 is 1.45 bits per heavy atom. The molecule has 0 aliphatic carbocycles. The largest absolute Gasteiger partial charge is 0.303 e. The van der Waals surface area contributed by atoms with Gasteiger partial charge >= 0.3 is 0 Å². The summed E-state index contributed by atoms with van der Waals surface area (Å²) in [6, 6.07) is 10.9. The van der Waals surface area contributed by atoms with Crippen LogP contribution in [-0.4, -0.2) is 49.1 Å². The molecule has 2 atom stereocenters. The molecule has 2 unspecified atom stereocenters. The minimum atomic E-state index is 0.970. The molecule has 122 valence electrons. The van der Waals surface area contributed by atoms with Crippen molar-refractivity contribution in [3.05, 3.63) is 35.9 Å². The molecule has 1 aromatic rings. The van der Waals surface area contributed by atoms with E-state index in [9.17, 15) is 0 Å². The van der Waals surface area contributed by atoms with Gasteiger partial charge in [0.05, 0.1) is 0 Å². The Hall–Kier alpha value is -0.860. The Kier molecular flexibility index (Phi) is 5.91. The van der Waals surface area contributed by atoms with Gasteiger partial charge in [-0.2, -0.15) is 0 Å². The van der Waals surface area contributed by atoms with E-state index in [0.717, 1.165) is 11.8 Å². The standard InChI is InChI=1S/C20H32N2/c1-2-21-14-19-16-22(17-20(19)15-21)13-9-4-3-6-10-18-11-7-5-8-12-18/h5,7-8,11-12,19-20H,2-4,6,9-10,13-17H2,1H3. The monoisotopic (exact) mass is 300 g/mol. The van der Waals surface area contributed by atoms with Gasteiger partial charge in [-0.3, -0.25) is 0 Å². The van der Waals surface area contributed by atoms with Crippen molar-refractivity contribution in [1.82, 2.24) is 9.80 Å². The summed E-state index contributed by atoms with van der Waals surface area (Å²) in [4.78, 5) is 5.37. The average molecular weight is 300 g/mol. The van der Waals surface area contributed by atoms with Crippen LogP contribution in [0.3, 0.4) is 0 Å². The number of benzene rings is 1. The second kappa shape index (κ2) is 8.12. The first-order valence-corrected chi connectivity index (χ1v) is 9.34. The molecule has 2 nitrogen and oxygen atoms in total. The van der Waals surface area contributed by atoms with E-state index in [-0.39, 0.29) is 0 Å². The highest BCUT2D eigenvalue weighted by atomic mass is 15.2. The second-order valence-electron chi connectivity index (χ2n) is 7.28. The fraction of sp³-hybridized carbons (Fsp3) is 0.700. The third-order valence-corrected chi connectivity index (χ3v) is 5.62. The van der Waals surface area contributed by atoms with Crippen molar-refractivity contribution >= 4 is 0 Å². The van der Waals surface area contributed by atoms with E-state index in [4.69, 9.17) is 0 Å². The zero-order chi connectivity index (χ0) is 15.2. The van der Waals surface area contributed by atoms with Crippen molar-refractivity contribution in [2.75, 3.05) is 39.3 Å². The minimum Gasteiger partial charge on any atom is -0.303 e. The van der Waals surface area contributed by atoms with E-state index in [0.29, 0.717) is 0 Å². The lowest BCUT2D eigenvalue weighted by Gasteiger charge is -2.20. The number of likely N-dealkylation sites (tertiary alicyclic amines) is 2. The van der Waals surface area contributed by atoms with Crippen LogP contribution in [0.25, 0.3) is 0 Å². The number of nitrogens with zero attached hydrogens (tertiary/aromatic N) is 2. The molecule has 2 aliphatic rings. The summed E-state index contributed by atoms with van der Waals surface area (Å²) in [6.07, 6.45) is 6.78. The Morgan fingerprint density at radius 1 is 0.818 bits per heavy atom. The zero-order valence-corrected chi connectivity index (χ0v) is 14.2. The van der Waals surface area contributed by atoms with Crippen LogP contribution in [0.15, 0.2) is 30.3 Å². The van der Waals surface area contributed by atoms with Gasteiger partial charge in [-0.1, -0.05) is 50.1 Å². The summed E-state index contributed by atoms with van der Waals surface area (Å²) in [6.45, 7) is 10.3. The van der Waals surface area contributed by atoms with Crippen molar-refractivity contribution in [1.29, 1.82) is 0 Å². The number of unbranched alkanes of at least 4 members (excludes halogenated alkanes) is 3. The summed E-state index contributed by atoms with van der Waals surface area (Å²) < 4.78 is 0.